The van der Waals surface area contributed by atoms with Gasteiger partial charge in [0, 0.05) is 29.7 Å². The number of Topliss-reactive ketones (excluding diaryl/α,β-unsaturated/α-hetero) is 1. The van der Waals surface area contributed by atoms with Gasteiger partial charge in [-0.15, -0.1) is 10.2 Å². The molecule has 0 amide bonds. The Labute approximate surface area is 214 Å². The Bertz CT molecular complexity index is 1570. The predicted molar refractivity (Wildman–Crippen MR) is 138 cm³/mol. The quantitative estimate of drug-likeness (QED) is 0.299. The lowest BCUT2D eigenvalue weighted by Crippen LogP contribution is -2.41. The van der Waals surface area contributed by atoms with E-state index in [0.717, 1.165) is 32.0 Å². The molecule has 0 aliphatic carbocycles. The van der Waals surface area contributed by atoms with E-state index in [2.05, 4.69) is 10.2 Å². The maximum absolute atomic E-state index is 13.0. The van der Waals surface area contributed by atoms with E-state index in [0.29, 0.717) is 26.7 Å². The lowest BCUT2D eigenvalue weighted by Gasteiger charge is -2.12. The number of anilines is 1. The normalized spacial score (nSPS) is 11.1. The van der Waals surface area contributed by atoms with Crippen molar-refractivity contribution in [3.05, 3.63) is 84.5 Å². The van der Waals surface area contributed by atoms with E-state index in [-0.39, 0.29) is 17.1 Å². The molecule has 0 bridgehead atoms. The molecule has 2 aromatic heterocycles. The van der Waals surface area contributed by atoms with Crippen molar-refractivity contribution in [1.82, 2.24) is 23.9 Å². The summed E-state index contributed by atoms with van der Waals surface area (Å²) in [7, 11) is 2.70. The number of nitrogen functional groups attached to an aromatic ring is 1. The standard InChI is InChI=1S/C23H20Cl2N6O3S/c1-12-4-9-15(10-16(12)25)31-20(13-5-7-14(24)8-6-13)27-28-22(31)35-11-17(32)18-19(26)29(2)23(34)30(3)21(18)33/h4-10H,11,26H2,1-3H3. The molecule has 12 heteroatoms. The minimum Gasteiger partial charge on any atom is -0.384 e. The van der Waals surface area contributed by atoms with Crippen LogP contribution in [0, 0.1) is 6.92 Å². The van der Waals surface area contributed by atoms with Gasteiger partial charge in [0.2, 0.25) is 0 Å². The van der Waals surface area contributed by atoms with Gasteiger partial charge in [-0.2, -0.15) is 0 Å². The highest BCUT2D eigenvalue weighted by atomic mass is 35.5. The first-order chi connectivity index (χ1) is 16.6. The topological polar surface area (TPSA) is 118 Å². The van der Waals surface area contributed by atoms with Crippen LogP contribution in [0.3, 0.4) is 0 Å². The number of hydrogen-bond acceptors (Lipinski definition) is 7. The van der Waals surface area contributed by atoms with E-state index in [4.69, 9.17) is 28.9 Å². The van der Waals surface area contributed by atoms with Gasteiger partial charge >= 0.3 is 5.69 Å². The summed E-state index contributed by atoms with van der Waals surface area (Å²) in [5.74, 6) is -0.352. The summed E-state index contributed by atoms with van der Waals surface area (Å²) in [5.41, 5.74) is 6.68. The molecule has 0 saturated heterocycles. The Hall–Kier alpha value is -3.34. The number of halogens is 2. The van der Waals surface area contributed by atoms with Gasteiger partial charge in [-0.25, -0.2) is 4.79 Å². The van der Waals surface area contributed by atoms with Crippen LogP contribution < -0.4 is 17.0 Å². The fraction of sp³-hybridized carbons (Fsp3) is 0.174. The monoisotopic (exact) mass is 530 g/mol. The van der Waals surface area contributed by atoms with E-state index in [1.165, 1.54) is 14.1 Å². The Morgan fingerprint density at radius 1 is 1.03 bits per heavy atom. The minimum atomic E-state index is -0.746. The Balaban J connectivity index is 1.75. The van der Waals surface area contributed by atoms with Gasteiger partial charge in [-0.3, -0.25) is 23.3 Å². The van der Waals surface area contributed by atoms with Crippen molar-refractivity contribution in [3.8, 4) is 17.1 Å². The van der Waals surface area contributed by atoms with Gasteiger partial charge in [-0.05, 0) is 48.9 Å². The second kappa shape index (κ2) is 9.73. The molecule has 0 spiro atoms. The smallest absolute Gasteiger partial charge is 0.332 e. The third-order valence-electron chi connectivity index (χ3n) is 5.47. The molecule has 0 saturated carbocycles. The maximum atomic E-state index is 13.0. The number of aryl methyl sites for hydroxylation is 1. The largest absolute Gasteiger partial charge is 0.384 e. The summed E-state index contributed by atoms with van der Waals surface area (Å²) < 4.78 is 3.69. The van der Waals surface area contributed by atoms with Crippen LogP contribution in [0.15, 0.2) is 57.2 Å². The van der Waals surface area contributed by atoms with Crippen LogP contribution in [0.4, 0.5) is 5.82 Å². The molecule has 180 valence electrons. The average Bonchev–Trinajstić information content (AvgIpc) is 3.26. The van der Waals surface area contributed by atoms with Gasteiger partial charge in [0.25, 0.3) is 5.56 Å². The molecule has 35 heavy (non-hydrogen) atoms. The number of benzene rings is 2. The second-order valence-corrected chi connectivity index (χ2v) is 9.55. The minimum absolute atomic E-state index is 0.157. The molecule has 4 rings (SSSR count). The average molecular weight is 531 g/mol. The Morgan fingerprint density at radius 2 is 1.71 bits per heavy atom. The molecule has 4 aromatic rings. The van der Waals surface area contributed by atoms with Crippen molar-refractivity contribution < 1.29 is 4.79 Å². The fourth-order valence-electron chi connectivity index (χ4n) is 3.43. The molecule has 0 fully saturated rings. The zero-order chi connectivity index (χ0) is 25.4. The zero-order valence-electron chi connectivity index (χ0n) is 19.0. The summed E-state index contributed by atoms with van der Waals surface area (Å²) >= 11 is 13.5. The summed E-state index contributed by atoms with van der Waals surface area (Å²) in [6.45, 7) is 1.89. The molecule has 0 aliphatic rings. The SMILES string of the molecule is Cc1ccc(-n2c(SCC(=O)c3c(N)n(C)c(=O)n(C)c3=O)nnc2-c2ccc(Cl)cc2)cc1Cl. The van der Waals surface area contributed by atoms with Crippen molar-refractivity contribution in [1.29, 1.82) is 0 Å². The third-order valence-corrected chi connectivity index (χ3v) is 7.06. The number of nitrogens with zero attached hydrogens (tertiary/aromatic N) is 5. The number of carbonyl (C=O) groups is 1. The predicted octanol–water partition coefficient (Wildman–Crippen LogP) is 3.50. The van der Waals surface area contributed by atoms with Crippen LogP contribution in [0.2, 0.25) is 10.0 Å². The van der Waals surface area contributed by atoms with Gasteiger partial charge < -0.3 is 5.73 Å². The van der Waals surface area contributed by atoms with Crippen LogP contribution in [-0.4, -0.2) is 35.4 Å². The molecule has 2 heterocycles. The fourth-order valence-corrected chi connectivity index (χ4v) is 4.55. The van der Waals surface area contributed by atoms with Crippen LogP contribution in [-0.2, 0) is 14.1 Å². The summed E-state index contributed by atoms with van der Waals surface area (Å²) in [6, 6.07) is 12.6. The number of ketones is 1. The molecule has 0 radical (unpaired) electrons. The molecule has 0 atom stereocenters. The first-order valence-electron chi connectivity index (χ1n) is 10.3. The van der Waals surface area contributed by atoms with E-state index in [9.17, 15) is 14.4 Å². The molecular weight excluding hydrogens is 511 g/mol. The first-order valence-corrected chi connectivity index (χ1v) is 12.0. The summed E-state index contributed by atoms with van der Waals surface area (Å²) in [6.07, 6.45) is 0. The summed E-state index contributed by atoms with van der Waals surface area (Å²) in [5, 5.41) is 10.2. The summed E-state index contributed by atoms with van der Waals surface area (Å²) in [4.78, 5) is 37.6. The van der Waals surface area contributed by atoms with Crippen molar-refractivity contribution in [2.24, 2.45) is 14.1 Å². The molecule has 0 aliphatic heterocycles. The Kier molecular flexibility index (Phi) is 6.88. The van der Waals surface area contributed by atoms with E-state index < -0.39 is 17.0 Å². The lowest BCUT2D eigenvalue weighted by atomic mass is 10.2. The third kappa shape index (κ3) is 4.64. The van der Waals surface area contributed by atoms with Crippen molar-refractivity contribution in [3.63, 3.8) is 0 Å². The van der Waals surface area contributed by atoms with Crippen LogP contribution in [0.25, 0.3) is 17.1 Å². The second-order valence-electron chi connectivity index (χ2n) is 7.76. The van der Waals surface area contributed by atoms with Crippen molar-refractivity contribution >= 4 is 46.6 Å². The van der Waals surface area contributed by atoms with Crippen molar-refractivity contribution in [2.75, 3.05) is 11.5 Å². The van der Waals surface area contributed by atoms with Crippen LogP contribution >= 0.6 is 35.0 Å². The van der Waals surface area contributed by atoms with E-state index in [1.54, 1.807) is 22.8 Å². The lowest BCUT2D eigenvalue weighted by molar-refractivity contribution is 0.102. The number of thioether (sulfide) groups is 1. The number of nitrogens with two attached hydrogens (primary N) is 1. The highest BCUT2D eigenvalue weighted by Gasteiger charge is 2.23. The van der Waals surface area contributed by atoms with Gasteiger partial charge in [-0.1, -0.05) is 41.0 Å². The van der Waals surface area contributed by atoms with Crippen molar-refractivity contribution in [2.45, 2.75) is 12.1 Å². The van der Waals surface area contributed by atoms with E-state index in [1.807, 2.05) is 31.2 Å². The van der Waals surface area contributed by atoms with E-state index >= 15 is 0 Å². The molecule has 9 nitrogen and oxygen atoms in total. The number of rotatable bonds is 6. The molecule has 2 aromatic carbocycles. The van der Waals surface area contributed by atoms with Crippen LogP contribution in [0.5, 0.6) is 0 Å². The maximum Gasteiger partial charge on any atom is 0.332 e. The number of hydrogen-bond donors (Lipinski definition) is 1. The highest BCUT2D eigenvalue weighted by Crippen LogP contribution is 2.31. The molecule has 2 N–H and O–H groups in total. The van der Waals surface area contributed by atoms with Gasteiger partial charge in [0.05, 0.1) is 11.4 Å². The van der Waals surface area contributed by atoms with Gasteiger partial charge in [0.1, 0.15) is 11.4 Å². The first kappa shape index (κ1) is 24.8. The number of carbonyl (C=O) groups excluding carboxylic acids is 1. The van der Waals surface area contributed by atoms with Gasteiger partial charge in [0.15, 0.2) is 16.8 Å². The highest BCUT2D eigenvalue weighted by molar-refractivity contribution is 7.99. The Morgan fingerprint density at radius 3 is 2.37 bits per heavy atom. The zero-order valence-corrected chi connectivity index (χ0v) is 21.3. The molecular formula is C23H20Cl2N6O3S. The molecule has 0 unspecified atom stereocenters. The number of aromatic nitrogens is 5. The van der Waals surface area contributed by atoms with Crippen LogP contribution in [0.1, 0.15) is 15.9 Å².